The van der Waals surface area contributed by atoms with Crippen molar-refractivity contribution in [3.05, 3.63) is 35.4 Å². The maximum Gasteiger partial charge on any atom is 0.410 e. The molecule has 6 heteroatoms. The summed E-state index contributed by atoms with van der Waals surface area (Å²) in [6, 6.07) is 3.75. The van der Waals surface area contributed by atoms with Crippen molar-refractivity contribution >= 4 is 6.09 Å². The van der Waals surface area contributed by atoms with Crippen LogP contribution in [0.1, 0.15) is 58.4 Å². The molecule has 2 aliphatic rings. The van der Waals surface area contributed by atoms with Crippen LogP contribution in [0.3, 0.4) is 0 Å². The van der Waals surface area contributed by atoms with Crippen LogP contribution in [0, 0.1) is 11.6 Å². The van der Waals surface area contributed by atoms with Crippen molar-refractivity contribution in [2.75, 3.05) is 0 Å². The topological polar surface area (TPSA) is 49.8 Å². The second-order valence-corrected chi connectivity index (χ2v) is 8.65. The summed E-state index contributed by atoms with van der Waals surface area (Å²) >= 11 is 0. The Balaban J connectivity index is 1.78. The number of benzene rings is 1. The van der Waals surface area contributed by atoms with Gasteiger partial charge in [-0.2, -0.15) is 0 Å². The van der Waals surface area contributed by atoms with Crippen LogP contribution in [0.25, 0.3) is 0 Å². The van der Waals surface area contributed by atoms with Gasteiger partial charge in [-0.15, -0.1) is 0 Å². The summed E-state index contributed by atoms with van der Waals surface area (Å²) in [5.41, 5.74) is -1.55. The van der Waals surface area contributed by atoms with Gasteiger partial charge in [-0.25, -0.2) is 13.6 Å². The summed E-state index contributed by atoms with van der Waals surface area (Å²) in [6.07, 6.45) is 2.93. The molecule has 2 unspecified atom stereocenters. The van der Waals surface area contributed by atoms with E-state index < -0.39 is 22.8 Å². The number of amides is 1. The molecular formula is C20H27F2NO3. The molecule has 2 fully saturated rings. The van der Waals surface area contributed by atoms with Gasteiger partial charge in [0.05, 0.1) is 5.60 Å². The number of hydrogen-bond acceptors (Lipinski definition) is 3. The maximum atomic E-state index is 14.0. The van der Waals surface area contributed by atoms with Gasteiger partial charge in [-0.3, -0.25) is 0 Å². The molecule has 2 heterocycles. The molecule has 0 aliphatic carbocycles. The Labute approximate surface area is 153 Å². The van der Waals surface area contributed by atoms with E-state index in [4.69, 9.17) is 4.74 Å². The lowest BCUT2D eigenvalue weighted by Gasteiger charge is -2.51. The van der Waals surface area contributed by atoms with E-state index in [9.17, 15) is 18.7 Å². The van der Waals surface area contributed by atoms with Crippen LogP contribution in [0.15, 0.2) is 18.2 Å². The molecule has 0 radical (unpaired) electrons. The lowest BCUT2D eigenvalue weighted by Crippen LogP contribution is -2.61. The molecule has 1 aromatic rings. The number of aliphatic hydroxyl groups is 1. The fourth-order valence-corrected chi connectivity index (χ4v) is 4.32. The summed E-state index contributed by atoms with van der Waals surface area (Å²) in [6.45, 7) is 5.48. The van der Waals surface area contributed by atoms with Gasteiger partial charge in [0.15, 0.2) is 11.6 Å². The summed E-state index contributed by atoms with van der Waals surface area (Å²) in [7, 11) is 0. The molecule has 2 bridgehead atoms. The second-order valence-electron chi connectivity index (χ2n) is 8.65. The van der Waals surface area contributed by atoms with Crippen molar-refractivity contribution in [1.29, 1.82) is 0 Å². The van der Waals surface area contributed by atoms with E-state index in [1.165, 1.54) is 12.1 Å². The van der Waals surface area contributed by atoms with Crippen molar-refractivity contribution in [2.24, 2.45) is 0 Å². The molecule has 1 N–H and O–H groups in total. The van der Waals surface area contributed by atoms with E-state index >= 15 is 0 Å². The standard InChI is InChI=1S/C20H27F2NO3/c1-19(2,3)26-18(24)23-14-7-5-8-15(23)12-20(25,11-14)10-13-6-4-9-16(21)17(13)22/h4,6,9,14-15,25H,5,7-8,10-12H2,1-3H3. The molecule has 2 atom stereocenters. The molecule has 1 amide bonds. The number of piperidine rings is 2. The molecule has 2 saturated heterocycles. The van der Waals surface area contributed by atoms with Crippen LogP contribution < -0.4 is 0 Å². The summed E-state index contributed by atoms with van der Waals surface area (Å²) in [4.78, 5) is 14.4. The summed E-state index contributed by atoms with van der Waals surface area (Å²) < 4.78 is 33.1. The zero-order chi connectivity index (χ0) is 19.1. The average molecular weight is 367 g/mol. The van der Waals surface area contributed by atoms with E-state index in [1.807, 2.05) is 20.8 Å². The number of hydrogen-bond donors (Lipinski definition) is 1. The second kappa shape index (κ2) is 6.80. The minimum atomic E-state index is -1.15. The first-order chi connectivity index (χ1) is 12.1. The zero-order valence-corrected chi connectivity index (χ0v) is 15.6. The Morgan fingerprint density at radius 2 is 1.88 bits per heavy atom. The molecule has 26 heavy (non-hydrogen) atoms. The Kier molecular flexibility index (Phi) is 4.99. The van der Waals surface area contributed by atoms with Gasteiger partial charge in [0.1, 0.15) is 5.60 Å². The van der Waals surface area contributed by atoms with Gasteiger partial charge >= 0.3 is 6.09 Å². The predicted molar refractivity (Wildman–Crippen MR) is 93.7 cm³/mol. The average Bonchev–Trinajstić information content (AvgIpc) is 2.49. The van der Waals surface area contributed by atoms with Crippen molar-refractivity contribution in [1.82, 2.24) is 4.90 Å². The quantitative estimate of drug-likeness (QED) is 0.853. The van der Waals surface area contributed by atoms with E-state index in [2.05, 4.69) is 0 Å². The molecule has 0 spiro atoms. The number of nitrogens with zero attached hydrogens (tertiary/aromatic N) is 1. The van der Waals surface area contributed by atoms with Gasteiger partial charge in [-0.05, 0) is 64.5 Å². The van der Waals surface area contributed by atoms with Crippen molar-refractivity contribution < 1.29 is 23.4 Å². The normalized spacial score (nSPS) is 28.8. The van der Waals surface area contributed by atoms with Gasteiger partial charge in [0.25, 0.3) is 0 Å². The van der Waals surface area contributed by atoms with E-state index in [0.717, 1.165) is 25.3 Å². The SMILES string of the molecule is CC(C)(C)OC(=O)N1C2CCCC1CC(O)(Cc1cccc(F)c1F)C2. The Bertz CT molecular complexity index is 672. The monoisotopic (exact) mass is 367 g/mol. The van der Waals surface area contributed by atoms with Crippen LogP contribution >= 0.6 is 0 Å². The highest BCUT2D eigenvalue weighted by atomic mass is 19.2. The van der Waals surface area contributed by atoms with Gasteiger partial charge in [0.2, 0.25) is 0 Å². The lowest BCUT2D eigenvalue weighted by molar-refractivity contribution is -0.0922. The van der Waals surface area contributed by atoms with Crippen molar-refractivity contribution in [3.8, 4) is 0 Å². The molecule has 0 saturated carbocycles. The third-order valence-corrected chi connectivity index (χ3v) is 5.25. The minimum Gasteiger partial charge on any atom is -0.444 e. The Hall–Kier alpha value is -1.69. The molecule has 2 aliphatic heterocycles. The largest absolute Gasteiger partial charge is 0.444 e. The fraction of sp³-hybridized carbons (Fsp3) is 0.650. The number of ether oxygens (including phenoxy) is 1. The fourth-order valence-electron chi connectivity index (χ4n) is 4.32. The predicted octanol–water partition coefficient (Wildman–Crippen LogP) is 4.19. The number of halogens is 2. The van der Waals surface area contributed by atoms with E-state index in [0.29, 0.717) is 12.8 Å². The van der Waals surface area contributed by atoms with Crippen LogP contribution in [0.4, 0.5) is 13.6 Å². The van der Waals surface area contributed by atoms with Crippen LogP contribution in [-0.2, 0) is 11.2 Å². The number of carbonyl (C=O) groups is 1. The van der Waals surface area contributed by atoms with Crippen molar-refractivity contribution in [3.63, 3.8) is 0 Å². The molecule has 1 aromatic carbocycles. The highest BCUT2D eigenvalue weighted by molar-refractivity contribution is 5.69. The molecule has 4 nitrogen and oxygen atoms in total. The zero-order valence-electron chi connectivity index (χ0n) is 15.6. The summed E-state index contributed by atoms with van der Waals surface area (Å²) in [5, 5.41) is 11.1. The first-order valence-electron chi connectivity index (χ1n) is 9.25. The maximum absolute atomic E-state index is 14.0. The van der Waals surface area contributed by atoms with Crippen LogP contribution in [0.2, 0.25) is 0 Å². The number of rotatable bonds is 2. The van der Waals surface area contributed by atoms with Crippen LogP contribution in [0.5, 0.6) is 0 Å². The van der Waals surface area contributed by atoms with E-state index in [1.54, 1.807) is 4.90 Å². The van der Waals surface area contributed by atoms with Gasteiger partial charge in [-0.1, -0.05) is 12.1 Å². The number of carbonyl (C=O) groups excluding carboxylic acids is 1. The molecule has 0 aromatic heterocycles. The van der Waals surface area contributed by atoms with Crippen LogP contribution in [-0.4, -0.2) is 39.4 Å². The highest BCUT2D eigenvalue weighted by Gasteiger charge is 2.48. The lowest BCUT2D eigenvalue weighted by atomic mass is 9.73. The molecular weight excluding hydrogens is 340 g/mol. The van der Waals surface area contributed by atoms with E-state index in [-0.39, 0.29) is 30.2 Å². The minimum absolute atomic E-state index is 0.0474. The molecule has 144 valence electrons. The smallest absolute Gasteiger partial charge is 0.410 e. The van der Waals surface area contributed by atoms with Gasteiger partial charge in [0, 0.05) is 18.5 Å². The first kappa shape index (κ1) is 19.1. The highest BCUT2D eigenvalue weighted by Crippen LogP contribution is 2.41. The molecule has 3 rings (SSSR count). The third-order valence-electron chi connectivity index (χ3n) is 5.25. The Morgan fingerprint density at radius 1 is 1.27 bits per heavy atom. The van der Waals surface area contributed by atoms with Crippen molar-refractivity contribution in [2.45, 2.75) is 82.6 Å². The summed E-state index contributed by atoms with van der Waals surface area (Å²) in [5.74, 6) is -1.81. The number of fused-ring (bicyclic) bond motifs is 2. The van der Waals surface area contributed by atoms with Gasteiger partial charge < -0.3 is 14.7 Å². The third kappa shape index (κ3) is 4.00. The first-order valence-corrected chi connectivity index (χ1v) is 9.25. The Morgan fingerprint density at radius 3 is 2.46 bits per heavy atom.